The number of methoxy groups -OCH3 is 1. The molecule has 0 spiro atoms. The second kappa shape index (κ2) is 8.32. The van der Waals surface area contributed by atoms with E-state index in [2.05, 4.69) is 9.84 Å². The zero-order valence-corrected chi connectivity index (χ0v) is 13.8. The van der Waals surface area contributed by atoms with E-state index in [1.807, 2.05) is 5.10 Å². The van der Waals surface area contributed by atoms with Crippen LogP contribution in [0.2, 0.25) is 0 Å². The Kier molecular flexibility index (Phi) is 6.40. The topological polar surface area (TPSA) is 84.5 Å². The summed E-state index contributed by atoms with van der Waals surface area (Å²) in [6.07, 6.45) is -1.69. The van der Waals surface area contributed by atoms with Crippen molar-refractivity contribution in [3.05, 3.63) is 22.1 Å². The number of anilines is 1. The highest BCUT2D eigenvalue weighted by atomic mass is 19.4. The largest absolute Gasteiger partial charge is 0.469 e. The van der Waals surface area contributed by atoms with Crippen LogP contribution in [-0.2, 0) is 20.4 Å². The van der Waals surface area contributed by atoms with Gasteiger partial charge in [-0.05, 0) is 19.3 Å². The quantitative estimate of drug-likeness (QED) is 0.587. The van der Waals surface area contributed by atoms with Crippen LogP contribution >= 0.6 is 0 Å². The average molecular weight is 363 g/mol. The number of nitrogens with one attached hydrogen (secondary N) is 1. The lowest BCUT2D eigenvalue weighted by atomic mass is 10.2. The van der Waals surface area contributed by atoms with Gasteiger partial charge in [0.1, 0.15) is 5.56 Å². The van der Waals surface area contributed by atoms with E-state index in [0.29, 0.717) is 32.4 Å². The molecule has 1 saturated heterocycles. The van der Waals surface area contributed by atoms with Gasteiger partial charge in [-0.2, -0.15) is 18.3 Å². The number of H-pyrrole nitrogens is 1. The highest BCUT2D eigenvalue weighted by Gasteiger charge is 2.40. The monoisotopic (exact) mass is 363 g/mol. The summed E-state index contributed by atoms with van der Waals surface area (Å²) in [4.78, 5) is 24.1. The standard InChI is InChI=1S/C15H20F3N3O4/c1-24-12(22)5-3-7-25-9-10-4-2-6-21(10)11-8-19-20-14(23)13(11)15(16,17)18/h8,10H,2-7,9H2,1H3,(H,20,23)/t10-/m0/s1. The summed E-state index contributed by atoms with van der Waals surface area (Å²) in [5.74, 6) is -0.338. The molecule has 0 radical (unpaired) electrons. The first-order valence-electron chi connectivity index (χ1n) is 7.90. The molecule has 1 aromatic rings. The first-order chi connectivity index (χ1) is 11.8. The molecule has 7 nitrogen and oxygen atoms in total. The molecular weight excluding hydrogens is 343 g/mol. The Balaban J connectivity index is 2.01. The lowest BCUT2D eigenvalue weighted by molar-refractivity contribution is -0.141. The molecule has 0 unspecified atom stereocenters. The minimum Gasteiger partial charge on any atom is -0.469 e. The van der Waals surface area contributed by atoms with Gasteiger partial charge in [0, 0.05) is 19.6 Å². The molecule has 1 fully saturated rings. The molecule has 2 heterocycles. The third kappa shape index (κ3) is 4.94. The van der Waals surface area contributed by atoms with Gasteiger partial charge in [0.25, 0.3) is 5.56 Å². The van der Waals surface area contributed by atoms with Gasteiger partial charge in [-0.3, -0.25) is 9.59 Å². The first-order valence-corrected chi connectivity index (χ1v) is 7.90. The number of ether oxygens (including phenoxy) is 2. The van der Waals surface area contributed by atoms with E-state index in [-0.39, 0.29) is 30.7 Å². The van der Waals surface area contributed by atoms with Crippen LogP contribution in [0.1, 0.15) is 31.2 Å². The van der Waals surface area contributed by atoms with Crippen molar-refractivity contribution in [1.82, 2.24) is 10.2 Å². The van der Waals surface area contributed by atoms with E-state index in [4.69, 9.17) is 4.74 Å². The van der Waals surface area contributed by atoms with Gasteiger partial charge in [0.2, 0.25) is 0 Å². The van der Waals surface area contributed by atoms with Gasteiger partial charge in [-0.25, -0.2) is 5.10 Å². The number of hydrogen-bond acceptors (Lipinski definition) is 6. The molecule has 0 bridgehead atoms. The number of rotatable bonds is 7. The number of carbonyl (C=O) groups excluding carboxylic acids is 1. The maximum Gasteiger partial charge on any atom is 0.423 e. The van der Waals surface area contributed by atoms with Gasteiger partial charge in [0.05, 0.1) is 31.6 Å². The Morgan fingerprint density at radius 1 is 1.48 bits per heavy atom. The summed E-state index contributed by atoms with van der Waals surface area (Å²) in [7, 11) is 1.30. The summed E-state index contributed by atoms with van der Waals surface area (Å²) in [5, 5.41) is 5.34. The number of aromatic nitrogens is 2. The minimum atomic E-state index is -4.76. The number of aromatic amines is 1. The lowest BCUT2D eigenvalue weighted by Crippen LogP contribution is -2.37. The van der Waals surface area contributed by atoms with Crippen molar-refractivity contribution in [3.63, 3.8) is 0 Å². The highest BCUT2D eigenvalue weighted by Crippen LogP contribution is 2.36. The van der Waals surface area contributed by atoms with Crippen LogP contribution in [0, 0.1) is 0 Å². The molecule has 1 N–H and O–H groups in total. The van der Waals surface area contributed by atoms with Crippen LogP contribution in [0.3, 0.4) is 0 Å². The van der Waals surface area contributed by atoms with Crippen molar-refractivity contribution in [2.45, 2.75) is 37.9 Å². The Labute approximate surface area is 142 Å². The Morgan fingerprint density at radius 2 is 2.24 bits per heavy atom. The molecule has 2 rings (SSSR count). The molecule has 0 aliphatic carbocycles. The van der Waals surface area contributed by atoms with Crippen molar-refractivity contribution in [3.8, 4) is 0 Å². The van der Waals surface area contributed by atoms with Crippen LogP contribution in [-0.4, -0.2) is 49.1 Å². The zero-order chi connectivity index (χ0) is 18.4. The van der Waals surface area contributed by atoms with Crippen molar-refractivity contribution in [2.24, 2.45) is 0 Å². The van der Waals surface area contributed by atoms with E-state index < -0.39 is 17.3 Å². The van der Waals surface area contributed by atoms with Gasteiger partial charge in [-0.1, -0.05) is 0 Å². The predicted octanol–water partition coefficient (Wildman–Crippen LogP) is 1.73. The van der Waals surface area contributed by atoms with Crippen molar-refractivity contribution in [2.75, 3.05) is 31.8 Å². The van der Waals surface area contributed by atoms with Gasteiger partial charge >= 0.3 is 12.1 Å². The second-order valence-electron chi connectivity index (χ2n) is 5.70. The fraction of sp³-hybridized carbons (Fsp3) is 0.667. The minimum absolute atomic E-state index is 0.214. The van der Waals surface area contributed by atoms with Crippen molar-refractivity contribution >= 4 is 11.7 Å². The number of carbonyl (C=O) groups is 1. The van der Waals surface area contributed by atoms with Gasteiger partial charge in [-0.15, -0.1) is 0 Å². The number of nitrogens with zero attached hydrogens (tertiary/aromatic N) is 2. The van der Waals surface area contributed by atoms with Crippen LogP contribution in [0.4, 0.5) is 18.9 Å². The van der Waals surface area contributed by atoms with Crippen LogP contribution in [0.5, 0.6) is 0 Å². The fourth-order valence-electron chi connectivity index (χ4n) is 2.85. The number of hydrogen-bond donors (Lipinski definition) is 1. The van der Waals surface area contributed by atoms with Gasteiger partial charge < -0.3 is 14.4 Å². The third-order valence-electron chi connectivity index (χ3n) is 4.01. The zero-order valence-electron chi connectivity index (χ0n) is 13.8. The maximum absolute atomic E-state index is 13.2. The van der Waals surface area contributed by atoms with E-state index in [9.17, 15) is 22.8 Å². The SMILES string of the molecule is COC(=O)CCCOC[C@@H]1CCCN1c1cn[nH]c(=O)c1C(F)(F)F. The van der Waals surface area contributed by atoms with E-state index in [1.165, 1.54) is 12.0 Å². The summed E-state index contributed by atoms with van der Waals surface area (Å²) in [6, 6.07) is -0.275. The van der Waals surface area contributed by atoms with Crippen LogP contribution < -0.4 is 10.5 Å². The fourth-order valence-corrected chi connectivity index (χ4v) is 2.85. The van der Waals surface area contributed by atoms with E-state index >= 15 is 0 Å². The Bertz CT molecular complexity index is 648. The molecule has 1 aliphatic rings. The van der Waals surface area contributed by atoms with Gasteiger partial charge in [0.15, 0.2) is 0 Å². The molecule has 10 heteroatoms. The molecule has 1 atom stereocenters. The third-order valence-corrected chi connectivity index (χ3v) is 4.01. The molecule has 0 saturated carbocycles. The average Bonchev–Trinajstić information content (AvgIpc) is 3.01. The van der Waals surface area contributed by atoms with Crippen LogP contribution in [0.15, 0.2) is 11.0 Å². The lowest BCUT2D eigenvalue weighted by Gasteiger charge is -2.28. The molecule has 0 amide bonds. The molecular formula is C15H20F3N3O4. The van der Waals surface area contributed by atoms with E-state index in [0.717, 1.165) is 6.20 Å². The van der Waals surface area contributed by atoms with E-state index in [1.54, 1.807) is 0 Å². The smallest absolute Gasteiger partial charge is 0.423 e. The van der Waals surface area contributed by atoms with Crippen LogP contribution in [0.25, 0.3) is 0 Å². The predicted molar refractivity (Wildman–Crippen MR) is 82.3 cm³/mol. The maximum atomic E-state index is 13.2. The Hall–Kier alpha value is -2.10. The Morgan fingerprint density at radius 3 is 2.92 bits per heavy atom. The van der Waals surface area contributed by atoms with Crippen molar-refractivity contribution < 1.29 is 27.4 Å². The van der Waals surface area contributed by atoms with Crippen molar-refractivity contribution in [1.29, 1.82) is 0 Å². The summed E-state index contributed by atoms with van der Waals surface area (Å²) in [6.45, 7) is 0.912. The summed E-state index contributed by atoms with van der Waals surface area (Å²) in [5.41, 5.74) is -2.72. The first kappa shape index (κ1) is 19.2. The summed E-state index contributed by atoms with van der Waals surface area (Å²) >= 11 is 0. The number of alkyl halides is 3. The summed E-state index contributed by atoms with van der Waals surface area (Å²) < 4.78 is 49.6. The molecule has 140 valence electrons. The normalized spacial score (nSPS) is 17.8. The second-order valence-corrected chi connectivity index (χ2v) is 5.70. The molecule has 1 aromatic heterocycles. The number of esters is 1. The number of halogens is 3. The molecule has 25 heavy (non-hydrogen) atoms. The molecule has 0 aromatic carbocycles. The molecule has 1 aliphatic heterocycles. The highest BCUT2D eigenvalue weighted by molar-refractivity contribution is 5.69.